The van der Waals surface area contributed by atoms with Crippen LogP contribution in [0.15, 0.2) is 18.2 Å². The Balaban J connectivity index is 1.71. The molecule has 158 valence electrons. The van der Waals surface area contributed by atoms with E-state index in [1.165, 1.54) is 23.5 Å². The number of hydrogen-bond donors (Lipinski definition) is 2. The van der Waals surface area contributed by atoms with Gasteiger partial charge in [-0.25, -0.2) is 0 Å². The van der Waals surface area contributed by atoms with Crippen LogP contribution in [0.4, 0.5) is 16.4 Å². The van der Waals surface area contributed by atoms with Crippen LogP contribution in [0.3, 0.4) is 0 Å². The van der Waals surface area contributed by atoms with Gasteiger partial charge in [0.2, 0.25) is 0 Å². The van der Waals surface area contributed by atoms with Gasteiger partial charge < -0.3 is 20.7 Å². The lowest BCUT2D eigenvalue weighted by Crippen LogP contribution is -2.37. The molecule has 0 saturated carbocycles. The van der Waals surface area contributed by atoms with Crippen molar-refractivity contribution in [1.29, 1.82) is 0 Å². The second kappa shape index (κ2) is 8.41. The van der Waals surface area contributed by atoms with Gasteiger partial charge in [-0.15, -0.1) is 11.3 Å². The molecule has 0 bridgehead atoms. The monoisotopic (exact) mass is 430 g/mol. The molecule has 1 aliphatic carbocycles. The van der Waals surface area contributed by atoms with E-state index >= 15 is 0 Å². The number of nitrogens with one attached hydrogen (secondary N) is 1. The molecule has 2 heterocycles. The van der Waals surface area contributed by atoms with Crippen molar-refractivity contribution in [1.82, 2.24) is 0 Å². The van der Waals surface area contributed by atoms with E-state index in [9.17, 15) is 19.7 Å². The number of benzene rings is 1. The van der Waals surface area contributed by atoms with Crippen molar-refractivity contribution < 1.29 is 19.2 Å². The Hall–Kier alpha value is -2.98. The summed E-state index contributed by atoms with van der Waals surface area (Å²) in [5, 5.41) is 14.5. The number of nitrogens with two attached hydrogens (primary N) is 1. The third-order valence-electron chi connectivity index (χ3n) is 5.43. The third kappa shape index (κ3) is 3.88. The largest absolute Gasteiger partial charge is 0.378 e. The summed E-state index contributed by atoms with van der Waals surface area (Å²) in [6.45, 7) is 2.19. The van der Waals surface area contributed by atoms with E-state index in [1.54, 1.807) is 6.07 Å². The zero-order chi connectivity index (χ0) is 21.3. The number of aryl methyl sites for hydroxylation is 1. The Kier molecular flexibility index (Phi) is 5.69. The Morgan fingerprint density at radius 2 is 1.93 bits per heavy atom. The molecule has 9 nitrogen and oxygen atoms in total. The fourth-order valence-electron chi connectivity index (χ4n) is 3.98. The number of carbonyl (C=O) groups excluding carboxylic acids is 2. The van der Waals surface area contributed by atoms with E-state index in [-0.39, 0.29) is 11.3 Å². The Bertz CT molecular complexity index is 1010. The van der Waals surface area contributed by atoms with Crippen LogP contribution in [0.1, 0.15) is 44.0 Å². The maximum absolute atomic E-state index is 13.2. The number of carbonyl (C=O) groups is 2. The highest BCUT2D eigenvalue weighted by Crippen LogP contribution is 2.38. The number of primary amides is 1. The summed E-state index contributed by atoms with van der Waals surface area (Å²) in [5.41, 5.74) is 7.51. The number of anilines is 2. The van der Waals surface area contributed by atoms with Gasteiger partial charge in [0.25, 0.3) is 17.5 Å². The van der Waals surface area contributed by atoms with Crippen molar-refractivity contribution in [2.45, 2.75) is 25.7 Å². The standard InChI is InChI=1S/C20H22N4O5S/c21-18(25)17-13-3-1-2-4-16(13)30-20(17)22-19(26)14-11-12(24(27)28)5-6-15(14)23-7-9-29-10-8-23/h5-6,11H,1-4,7-10H2,(H2,21,25)(H,22,26). The van der Waals surface area contributed by atoms with Gasteiger partial charge in [0.1, 0.15) is 5.00 Å². The Labute approximate surface area is 177 Å². The van der Waals surface area contributed by atoms with E-state index in [4.69, 9.17) is 10.5 Å². The highest BCUT2D eigenvalue weighted by molar-refractivity contribution is 7.17. The molecule has 1 aliphatic heterocycles. The lowest BCUT2D eigenvalue weighted by atomic mass is 9.95. The van der Waals surface area contributed by atoms with Crippen molar-refractivity contribution in [2.75, 3.05) is 36.5 Å². The molecule has 1 saturated heterocycles. The molecule has 1 fully saturated rings. The number of nitro benzene ring substituents is 1. The third-order valence-corrected chi connectivity index (χ3v) is 6.64. The first-order valence-electron chi connectivity index (χ1n) is 9.82. The van der Waals surface area contributed by atoms with Crippen LogP contribution in [0.2, 0.25) is 0 Å². The molecular formula is C20H22N4O5S. The van der Waals surface area contributed by atoms with Gasteiger partial charge in [0.05, 0.1) is 35.0 Å². The summed E-state index contributed by atoms with van der Waals surface area (Å²) < 4.78 is 5.37. The lowest BCUT2D eigenvalue weighted by Gasteiger charge is -2.30. The molecule has 0 atom stereocenters. The summed E-state index contributed by atoms with van der Waals surface area (Å²) in [6, 6.07) is 4.25. The molecule has 4 rings (SSSR count). The van der Waals surface area contributed by atoms with Crippen molar-refractivity contribution in [3.8, 4) is 0 Å². The summed E-state index contributed by atoms with van der Waals surface area (Å²) in [4.78, 5) is 39.1. The van der Waals surface area contributed by atoms with E-state index in [0.29, 0.717) is 42.6 Å². The maximum Gasteiger partial charge on any atom is 0.270 e. The van der Waals surface area contributed by atoms with E-state index in [0.717, 1.165) is 36.1 Å². The molecule has 1 aromatic carbocycles. The predicted octanol–water partition coefficient (Wildman–Crippen LogP) is 2.72. The lowest BCUT2D eigenvalue weighted by molar-refractivity contribution is -0.384. The van der Waals surface area contributed by atoms with Gasteiger partial charge in [-0.2, -0.15) is 0 Å². The van der Waals surface area contributed by atoms with E-state index in [1.807, 2.05) is 4.90 Å². The highest BCUT2D eigenvalue weighted by atomic mass is 32.1. The molecule has 2 amide bonds. The molecule has 30 heavy (non-hydrogen) atoms. The quantitative estimate of drug-likeness (QED) is 0.554. The second-order valence-electron chi connectivity index (χ2n) is 7.29. The zero-order valence-electron chi connectivity index (χ0n) is 16.3. The molecule has 3 N–H and O–H groups in total. The molecule has 10 heteroatoms. The minimum Gasteiger partial charge on any atom is -0.378 e. The molecule has 1 aromatic heterocycles. The topological polar surface area (TPSA) is 128 Å². The number of ether oxygens (including phenoxy) is 1. The first kappa shape index (κ1) is 20.3. The van der Waals surface area contributed by atoms with Gasteiger partial charge in [-0.1, -0.05) is 0 Å². The van der Waals surface area contributed by atoms with E-state index in [2.05, 4.69) is 5.32 Å². The normalized spacial score (nSPS) is 16.1. The summed E-state index contributed by atoms with van der Waals surface area (Å²) in [6.07, 6.45) is 3.62. The number of hydrogen-bond acceptors (Lipinski definition) is 7. The van der Waals surface area contributed by atoms with Gasteiger partial charge in [-0.3, -0.25) is 19.7 Å². The van der Waals surface area contributed by atoms with Crippen LogP contribution in [0, 0.1) is 10.1 Å². The van der Waals surface area contributed by atoms with Crippen LogP contribution in [0.5, 0.6) is 0 Å². The molecular weight excluding hydrogens is 408 g/mol. The number of nitrogens with zero attached hydrogens (tertiary/aromatic N) is 2. The van der Waals surface area contributed by atoms with Crippen molar-refractivity contribution in [3.63, 3.8) is 0 Å². The van der Waals surface area contributed by atoms with Crippen LogP contribution in [0.25, 0.3) is 0 Å². The van der Waals surface area contributed by atoms with Crippen LogP contribution in [-0.4, -0.2) is 43.0 Å². The minimum absolute atomic E-state index is 0.169. The molecule has 0 unspecified atom stereocenters. The molecule has 0 spiro atoms. The van der Waals surface area contributed by atoms with Crippen molar-refractivity contribution in [3.05, 3.63) is 49.9 Å². The number of nitro groups is 1. The average Bonchev–Trinajstić information content (AvgIpc) is 3.11. The number of morpholine rings is 1. The van der Waals surface area contributed by atoms with Gasteiger partial charge in [0.15, 0.2) is 0 Å². The van der Waals surface area contributed by atoms with Crippen molar-refractivity contribution >= 4 is 39.5 Å². The SMILES string of the molecule is NC(=O)c1c(NC(=O)c2cc([N+](=O)[O-])ccc2N2CCOCC2)sc2c1CCCC2. The minimum atomic E-state index is -0.572. The molecule has 0 radical (unpaired) electrons. The number of rotatable bonds is 5. The fourth-order valence-corrected chi connectivity index (χ4v) is 5.27. The van der Waals surface area contributed by atoms with Gasteiger partial charge in [0, 0.05) is 30.1 Å². The number of thiophene rings is 1. The first-order valence-corrected chi connectivity index (χ1v) is 10.6. The Morgan fingerprint density at radius 1 is 1.20 bits per heavy atom. The second-order valence-corrected chi connectivity index (χ2v) is 8.40. The summed E-state index contributed by atoms with van der Waals surface area (Å²) in [7, 11) is 0. The van der Waals surface area contributed by atoms with Gasteiger partial charge in [-0.05, 0) is 37.3 Å². The average molecular weight is 430 g/mol. The van der Waals surface area contributed by atoms with Crippen molar-refractivity contribution in [2.24, 2.45) is 5.73 Å². The Morgan fingerprint density at radius 3 is 2.63 bits per heavy atom. The highest BCUT2D eigenvalue weighted by Gasteiger charge is 2.27. The summed E-state index contributed by atoms with van der Waals surface area (Å²) >= 11 is 1.36. The van der Waals surface area contributed by atoms with E-state index < -0.39 is 16.7 Å². The summed E-state index contributed by atoms with van der Waals surface area (Å²) in [5.74, 6) is -1.07. The number of amides is 2. The maximum atomic E-state index is 13.2. The van der Waals surface area contributed by atoms with Crippen LogP contribution >= 0.6 is 11.3 Å². The number of non-ortho nitro benzene ring substituents is 1. The molecule has 2 aliphatic rings. The number of fused-ring (bicyclic) bond motifs is 1. The zero-order valence-corrected chi connectivity index (χ0v) is 17.1. The first-order chi connectivity index (χ1) is 14.5. The van der Waals surface area contributed by atoms with Gasteiger partial charge >= 0.3 is 0 Å². The fraction of sp³-hybridized carbons (Fsp3) is 0.400. The predicted molar refractivity (Wildman–Crippen MR) is 114 cm³/mol. The smallest absolute Gasteiger partial charge is 0.270 e. The van der Waals surface area contributed by atoms with Crippen LogP contribution in [-0.2, 0) is 17.6 Å². The molecule has 2 aromatic rings. The van der Waals surface area contributed by atoms with Crippen LogP contribution < -0.4 is 16.0 Å².